The average Bonchev–Trinajstić information content (AvgIpc) is 2.38. The van der Waals surface area contributed by atoms with Gasteiger partial charge in [0.2, 0.25) is 5.91 Å². The molecule has 1 aromatic rings. The van der Waals surface area contributed by atoms with Crippen molar-refractivity contribution in [1.29, 1.82) is 0 Å². The highest BCUT2D eigenvalue weighted by Gasteiger charge is 2.07. The second kappa shape index (κ2) is 3.96. The molecule has 1 aliphatic heterocycles. The van der Waals surface area contributed by atoms with Crippen LogP contribution in [0, 0.1) is 0 Å². The van der Waals surface area contributed by atoms with E-state index in [4.69, 9.17) is 5.73 Å². The predicted molar refractivity (Wildman–Crippen MR) is 59.6 cm³/mol. The fourth-order valence-corrected chi connectivity index (χ4v) is 1.41. The highest BCUT2D eigenvalue weighted by molar-refractivity contribution is 5.90. The van der Waals surface area contributed by atoms with Gasteiger partial charge in [-0.3, -0.25) is 9.79 Å². The Hall–Kier alpha value is -2.10. The number of fused-ring (bicyclic) bond motifs is 1. The van der Waals surface area contributed by atoms with Gasteiger partial charge in [-0.15, -0.1) is 0 Å². The maximum atomic E-state index is 10.8. The molecule has 0 atom stereocenters. The van der Waals surface area contributed by atoms with Crippen LogP contribution in [0.3, 0.4) is 0 Å². The van der Waals surface area contributed by atoms with Crippen LogP contribution in [0.4, 0.5) is 5.69 Å². The summed E-state index contributed by atoms with van der Waals surface area (Å²) >= 11 is 0. The van der Waals surface area contributed by atoms with Gasteiger partial charge in [-0.2, -0.15) is 0 Å². The van der Waals surface area contributed by atoms with E-state index in [0.717, 1.165) is 11.3 Å². The van der Waals surface area contributed by atoms with E-state index in [1.165, 1.54) is 0 Å². The zero-order chi connectivity index (χ0) is 10.7. The number of aliphatic imine (C=N–C) groups is 1. The Labute approximate surface area is 87.5 Å². The van der Waals surface area contributed by atoms with E-state index in [9.17, 15) is 4.79 Å². The molecule has 4 heteroatoms. The third-order valence-corrected chi connectivity index (χ3v) is 2.06. The minimum absolute atomic E-state index is 0.172. The van der Waals surface area contributed by atoms with Crippen LogP contribution in [0.25, 0.3) is 0 Å². The summed E-state index contributed by atoms with van der Waals surface area (Å²) in [5, 5.41) is 3.13. The molecule has 0 bridgehead atoms. The standard InChI is InChI=1S/C11H11N3O/c12-11(15)5-9-7-13-6-8-3-1-2-4-10(8)14-9/h1-4,6-7,14H,5H2,(H2,12,15). The monoisotopic (exact) mass is 201 g/mol. The van der Waals surface area contributed by atoms with Crippen LogP contribution in [0.5, 0.6) is 0 Å². The number of hydrogen-bond donors (Lipinski definition) is 2. The molecule has 76 valence electrons. The number of nitrogens with two attached hydrogens (primary N) is 1. The molecule has 0 saturated heterocycles. The molecule has 2 rings (SSSR count). The molecule has 0 radical (unpaired) electrons. The van der Waals surface area contributed by atoms with E-state index < -0.39 is 0 Å². The third-order valence-electron chi connectivity index (χ3n) is 2.06. The maximum Gasteiger partial charge on any atom is 0.223 e. The zero-order valence-electron chi connectivity index (χ0n) is 8.10. The molecule has 0 saturated carbocycles. The number of primary amides is 1. The van der Waals surface area contributed by atoms with Crippen molar-refractivity contribution in [3.8, 4) is 0 Å². The van der Waals surface area contributed by atoms with Crippen LogP contribution in [0.15, 0.2) is 41.2 Å². The number of anilines is 1. The number of rotatable bonds is 2. The molecule has 0 aliphatic carbocycles. The molecule has 0 fully saturated rings. The molecule has 4 nitrogen and oxygen atoms in total. The van der Waals surface area contributed by atoms with E-state index in [1.54, 1.807) is 12.4 Å². The van der Waals surface area contributed by atoms with Crippen LogP contribution in [0.2, 0.25) is 0 Å². The molecule has 0 unspecified atom stereocenters. The first kappa shape index (κ1) is 9.45. The van der Waals surface area contributed by atoms with Crippen LogP contribution in [-0.4, -0.2) is 12.1 Å². The van der Waals surface area contributed by atoms with E-state index in [0.29, 0.717) is 5.70 Å². The second-order valence-corrected chi connectivity index (χ2v) is 3.29. The van der Waals surface area contributed by atoms with Gasteiger partial charge in [0.15, 0.2) is 0 Å². The van der Waals surface area contributed by atoms with Crippen LogP contribution >= 0.6 is 0 Å². The molecule has 1 amide bonds. The Kier molecular flexibility index (Phi) is 2.49. The number of nitrogens with zero attached hydrogens (tertiary/aromatic N) is 1. The highest BCUT2D eigenvalue weighted by Crippen LogP contribution is 2.18. The van der Waals surface area contributed by atoms with Crippen molar-refractivity contribution >= 4 is 17.8 Å². The van der Waals surface area contributed by atoms with Crippen molar-refractivity contribution in [2.24, 2.45) is 10.7 Å². The molecular weight excluding hydrogens is 190 g/mol. The van der Waals surface area contributed by atoms with E-state index >= 15 is 0 Å². The number of para-hydroxylation sites is 1. The summed E-state index contributed by atoms with van der Waals surface area (Å²) in [6.07, 6.45) is 3.53. The van der Waals surface area contributed by atoms with Gasteiger partial charge in [0.05, 0.1) is 6.42 Å². The van der Waals surface area contributed by atoms with Crippen molar-refractivity contribution in [1.82, 2.24) is 0 Å². The van der Waals surface area contributed by atoms with E-state index in [2.05, 4.69) is 10.3 Å². The number of benzene rings is 1. The van der Waals surface area contributed by atoms with Crippen molar-refractivity contribution in [2.45, 2.75) is 6.42 Å². The number of amides is 1. The van der Waals surface area contributed by atoms with Gasteiger partial charge in [0, 0.05) is 29.4 Å². The second-order valence-electron chi connectivity index (χ2n) is 3.29. The van der Waals surface area contributed by atoms with Gasteiger partial charge in [0.25, 0.3) is 0 Å². The molecule has 0 aromatic heterocycles. The fraction of sp³-hybridized carbons (Fsp3) is 0.0909. The van der Waals surface area contributed by atoms with Crippen LogP contribution in [-0.2, 0) is 4.79 Å². The predicted octanol–water partition coefficient (Wildman–Crippen LogP) is 1.25. The topological polar surface area (TPSA) is 67.5 Å². The van der Waals surface area contributed by atoms with Gasteiger partial charge < -0.3 is 11.1 Å². The Morgan fingerprint density at radius 1 is 1.40 bits per heavy atom. The summed E-state index contributed by atoms with van der Waals surface area (Å²) in [6.45, 7) is 0. The van der Waals surface area contributed by atoms with Crippen LogP contribution < -0.4 is 11.1 Å². The van der Waals surface area contributed by atoms with Gasteiger partial charge >= 0.3 is 0 Å². The quantitative estimate of drug-likeness (QED) is 0.756. The lowest BCUT2D eigenvalue weighted by Gasteiger charge is -2.08. The molecular formula is C11H11N3O. The first-order valence-corrected chi connectivity index (χ1v) is 4.62. The SMILES string of the molecule is NC(=O)CC1=CN=Cc2ccccc2N1. The van der Waals surface area contributed by atoms with E-state index in [1.807, 2.05) is 24.3 Å². The van der Waals surface area contributed by atoms with Crippen LogP contribution in [0.1, 0.15) is 12.0 Å². The number of carbonyl (C=O) groups is 1. The first-order valence-electron chi connectivity index (χ1n) is 4.62. The van der Waals surface area contributed by atoms with Gasteiger partial charge in [-0.05, 0) is 6.07 Å². The minimum Gasteiger partial charge on any atom is -0.369 e. The van der Waals surface area contributed by atoms with Crippen molar-refractivity contribution in [2.75, 3.05) is 5.32 Å². The summed E-state index contributed by atoms with van der Waals surface area (Å²) in [6, 6.07) is 7.74. The molecule has 1 aliphatic rings. The minimum atomic E-state index is -0.372. The largest absolute Gasteiger partial charge is 0.369 e. The normalized spacial score (nSPS) is 13.5. The summed E-state index contributed by atoms with van der Waals surface area (Å²) in [5.41, 5.74) is 7.76. The van der Waals surface area contributed by atoms with E-state index in [-0.39, 0.29) is 12.3 Å². The third kappa shape index (κ3) is 2.22. The molecule has 3 N–H and O–H groups in total. The number of nitrogens with one attached hydrogen (secondary N) is 1. The lowest BCUT2D eigenvalue weighted by Crippen LogP contribution is -2.14. The highest BCUT2D eigenvalue weighted by atomic mass is 16.1. The fourth-order valence-electron chi connectivity index (χ4n) is 1.41. The summed E-state index contributed by atoms with van der Waals surface area (Å²) in [7, 11) is 0. The average molecular weight is 201 g/mol. The Balaban J connectivity index is 2.27. The van der Waals surface area contributed by atoms with Crippen molar-refractivity contribution in [3.05, 3.63) is 41.7 Å². The molecule has 0 spiro atoms. The summed E-state index contributed by atoms with van der Waals surface area (Å²) in [4.78, 5) is 14.9. The van der Waals surface area contributed by atoms with Crippen molar-refractivity contribution in [3.63, 3.8) is 0 Å². The Morgan fingerprint density at radius 3 is 3.00 bits per heavy atom. The molecule has 15 heavy (non-hydrogen) atoms. The first-order chi connectivity index (χ1) is 7.25. The maximum absolute atomic E-state index is 10.8. The Bertz CT molecular complexity index is 449. The zero-order valence-corrected chi connectivity index (χ0v) is 8.10. The van der Waals surface area contributed by atoms with Gasteiger partial charge in [-0.1, -0.05) is 18.2 Å². The Morgan fingerprint density at radius 2 is 2.20 bits per heavy atom. The number of carbonyl (C=O) groups excluding carboxylic acids is 1. The lowest BCUT2D eigenvalue weighted by atomic mass is 10.2. The van der Waals surface area contributed by atoms with Gasteiger partial charge in [0.1, 0.15) is 0 Å². The van der Waals surface area contributed by atoms with Crippen molar-refractivity contribution < 1.29 is 4.79 Å². The molecule has 1 aromatic carbocycles. The smallest absolute Gasteiger partial charge is 0.223 e. The summed E-state index contributed by atoms with van der Waals surface area (Å²) < 4.78 is 0. The molecule has 1 heterocycles. The lowest BCUT2D eigenvalue weighted by molar-refractivity contribution is -0.117. The summed E-state index contributed by atoms with van der Waals surface area (Å²) in [5.74, 6) is -0.372. The van der Waals surface area contributed by atoms with Gasteiger partial charge in [-0.25, -0.2) is 0 Å². The number of hydrogen-bond acceptors (Lipinski definition) is 3.